The van der Waals surface area contributed by atoms with Crippen molar-refractivity contribution in [3.05, 3.63) is 59.5 Å². The number of methoxy groups -OCH3 is 1. The van der Waals surface area contributed by atoms with Crippen LogP contribution in [0.5, 0.6) is 5.75 Å². The molecule has 128 valence electrons. The molecule has 2 amide bonds. The van der Waals surface area contributed by atoms with Crippen LogP contribution in [0.3, 0.4) is 0 Å². The van der Waals surface area contributed by atoms with E-state index in [1.54, 1.807) is 53.6 Å². The second kappa shape index (κ2) is 7.23. The molecule has 3 aromatic rings. The summed E-state index contributed by atoms with van der Waals surface area (Å²) in [6.45, 7) is 1.85. The second-order valence-electron chi connectivity index (χ2n) is 5.21. The van der Waals surface area contributed by atoms with Gasteiger partial charge in [-0.1, -0.05) is 11.6 Å². The third-order valence-electron chi connectivity index (χ3n) is 3.49. The van der Waals surface area contributed by atoms with Crippen molar-refractivity contribution in [2.24, 2.45) is 0 Å². The summed E-state index contributed by atoms with van der Waals surface area (Å²) in [6.07, 6.45) is 5.02. The molecule has 0 atom stereocenters. The topological polar surface area (TPSA) is 81.1 Å². The highest BCUT2D eigenvalue weighted by Gasteiger charge is 2.13. The molecule has 0 aliphatic heterocycles. The third kappa shape index (κ3) is 3.72. The molecule has 25 heavy (non-hydrogen) atoms. The van der Waals surface area contributed by atoms with Gasteiger partial charge < -0.3 is 15.4 Å². The maximum atomic E-state index is 12.4. The van der Waals surface area contributed by atoms with Crippen molar-refractivity contribution in [2.45, 2.75) is 6.92 Å². The number of pyridine rings is 1. The number of amides is 2. The Kier molecular flexibility index (Phi) is 4.85. The highest BCUT2D eigenvalue weighted by atomic mass is 35.5. The molecule has 0 radical (unpaired) electrons. The summed E-state index contributed by atoms with van der Waals surface area (Å²) in [4.78, 5) is 16.7. The van der Waals surface area contributed by atoms with E-state index in [2.05, 4.69) is 20.7 Å². The number of rotatable bonds is 4. The largest absolute Gasteiger partial charge is 0.495 e. The quantitative estimate of drug-likeness (QED) is 0.742. The number of hydrogen-bond acceptors (Lipinski definition) is 4. The van der Waals surface area contributed by atoms with Crippen LogP contribution < -0.4 is 15.4 Å². The summed E-state index contributed by atoms with van der Waals surface area (Å²) >= 11 is 6.08. The Morgan fingerprint density at radius 3 is 2.72 bits per heavy atom. The van der Waals surface area contributed by atoms with Gasteiger partial charge in [-0.25, -0.2) is 14.5 Å². The Bertz CT molecular complexity index is 896. The van der Waals surface area contributed by atoms with Gasteiger partial charge in [0.1, 0.15) is 5.75 Å². The molecule has 2 aromatic heterocycles. The number of urea groups is 1. The summed E-state index contributed by atoms with van der Waals surface area (Å²) in [5.41, 5.74) is 1.87. The van der Waals surface area contributed by atoms with Crippen LogP contribution in [0.15, 0.2) is 48.9 Å². The lowest BCUT2D eigenvalue weighted by Gasteiger charge is -2.14. The van der Waals surface area contributed by atoms with Crippen molar-refractivity contribution in [3.63, 3.8) is 0 Å². The van der Waals surface area contributed by atoms with Crippen LogP contribution in [0.25, 0.3) is 5.82 Å². The van der Waals surface area contributed by atoms with E-state index in [9.17, 15) is 4.79 Å². The fraction of sp³-hybridized carbons (Fsp3) is 0.118. The van der Waals surface area contributed by atoms with Crippen molar-refractivity contribution < 1.29 is 9.53 Å². The maximum absolute atomic E-state index is 12.4. The summed E-state index contributed by atoms with van der Waals surface area (Å²) in [7, 11) is 1.51. The molecule has 0 fully saturated rings. The van der Waals surface area contributed by atoms with E-state index in [-0.39, 0.29) is 0 Å². The average Bonchev–Trinajstić information content (AvgIpc) is 3.12. The average molecular weight is 358 g/mol. The molecule has 2 N–H and O–H groups in total. The van der Waals surface area contributed by atoms with E-state index in [1.807, 2.05) is 6.92 Å². The molecule has 0 bridgehead atoms. The number of benzene rings is 1. The van der Waals surface area contributed by atoms with Crippen LogP contribution >= 0.6 is 11.6 Å². The first kappa shape index (κ1) is 16.8. The first-order chi connectivity index (χ1) is 12.1. The monoisotopic (exact) mass is 357 g/mol. The minimum atomic E-state index is -0.429. The van der Waals surface area contributed by atoms with Crippen LogP contribution in [0.4, 0.5) is 16.2 Å². The Labute approximate surface area is 149 Å². The van der Waals surface area contributed by atoms with Gasteiger partial charge in [0.15, 0.2) is 5.82 Å². The van der Waals surface area contributed by atoms with Gasteiger partial charge in [0.25, 0.3) is 0 Å². The number of carbonyl (C=O) groups excluding carboxylic acids is 1. The molecule has 0 aliphatic carbocycles. The molecule has 3 rings (SSSR count). The first-order valence-electron chi connectivity index (χ1n) is 7.45. The molecule has 2 heterocycles. The Hall–Kier alpha value is -3.06. The fourth-order valence-corrected chi connectivity index (χ4v) is 2.43. The van der Waals surface area contributed by atoms with Crippen molar-refractivity contribution in [3.8, 4) is 11.6 Å². The molecule has 0 saturated heterocycles. The number of ether oxygens (including phenoxy) is 1. The van der Waals surface area contributed by atoms with Gasteiger partial charge in [-0.3, -0.25) is 0 Å². The van der Waals surface area contributed by atoms with Crippen molar-refractivity contribution in [2.75, 3.05) is 17.7 Å². The van der Waals surface area contributed by atoms with Gasteiger partial charge >= 0.3 is 6.03 Å². The van der Waals surface area contributed by atoms with Crippen LogP contribution in [0, 0.1) is 6.92 Å². The zero-order chi connectivity index (χ0) is 17.8. The van der Waals surface area contributed by atoms with E-state index in [0.29, 0.717) is 28.0 Å². The van der Waals surface area contributed by atoms with Crippen LogP contribution in [0.1, 0.15) is 5.56 Å². The van der Waals surface area contributed by atoms with E-state index in [4.69, 9.17) is 16.3 Å². The van der Waals surface area contributed by atoms with Gasteiger partial charge in [-0.15, -0.1) is 0 Å². The van der Waals surface area contributed by atoms with Gasteiger partial charge in [-0.05, 0) is 36.8 Å². The summed E-state index contributed by atoms with van der Waals surface area (Å²) in [5, 5.41) is 10.2. The minimum absolute atomic E-state index is 0.429. The molecule has 7 nitrogen and oxygen atoms in total. The lowest BCUT2D eigenvalue weighted by atomic mass is 10.2. The number of nitrogens with zero attached hydrogens (tertiary/aromatic N) is 3. The Morgan fingerprint density at radius 2 is 2.00 bits per heavy atom. The van der Waals surface area contributed by atoms with E-state index < -0.39 is 6.03 Å². The lowest BCUT2D eigenvalue weighted by molar-refractivity contribution is 0.262. The van der Waals surface area contributed by atoms with Crippen molar-refractivity contribution in [1.82, 2.24) is 14.8 Å². The highest BCUT2D eigenvalue weighted by Crippen LogP contribution is 2.31. The number of hydrogen-bond donors (Lipinski definition) is 2. The maximum Gasteiger partial charge on any atom is 0.323 e. The predicted octanol–water partition coefficient (Wildman–Crippen LogP) is 3.88. The number of aromatic nitrogens is 3. The number of halogens is 1. The molecule has 1 aromatic carbocycles. The predicted molar refractivity (Wildman–Crippen MR) is 96.7 cm³/mol. The zero-order valence-electron chi connectivity index (χ0n) is 13.7. The number of aryl methyl sites for hydroxylation is 1. The molecule has 0 saturated carbocycles. The van der Waals surface area contributed by atoms with Gasteiger partial charge in [0.2, 0.25) is 0 Å². The number of nitrogens with one attached hydrogen (secondary N) is 2. The van der Waals surface area contributed by atoms with Gasteiger partial charge in [-0.2, -0.15) is 5.10 Å². The third-order valence-corrected chi connectivity index (χ3v) is 3.89. The zero-order valence-corrected chi connectivity index (χ0v) is 14.4. The van der Waals surface area contributed by atoms with Gasteiger partial charge in [0.05, 0.1) is 18.5 Å². The first-order valence-corrected chi connectivity index (χ1v) is 7.83. The molecule has 0 spiro atoms. The van der Waals surface area contributed by atoms with Crippen LogP contribution in [0.2, 0.25) is 5.02 Å². The second-order valence-corrected chi connectivity index (χ2v) is 5.61. The van der Waals surface area contributed by atoms with Crippen molar-refractivity contribution in [1.29, 1.82) is 0 Å². The Morgan fingerprint density at radius 1 is 1.20 bits per heavy atom. The number of anilines is 2. The van der Waals surface area contributed by atoms with E-state index in [1.165, 1.54) is 7.11 Å². The van der Waals surface area contributed by atoms with Crippen LogP contribution in [-0.4, -0.2) is 27.9 Å². The lowest BCUT2D eigenvalue weighted by Crippen LogP contribution is -2.21. The van der Waals surface area contributed by atoms with Crippen LogP contribution in [-0.2, 0) is 0 Å². The van der Waals surface area contributed by atoms with Gasteiger partial charge in [0, 0.05) is 29.7 Å². The minimum Gasteiger partial charge on any atom is -0.495 e. The number of carbonyl (C=O) groups is 1. The Balaban J connectivity index is 1.82. The normalized spacial score (nSPS) is 10.4. The standard InChI is InChI=1S/C17H16ClN5O2/c1-11-9-14(15(25-2)10-12(11)18)22-17(24)21-13-5-3-6-19-16(13)23-8-4-7-20-23/h3-10H,1-2H3,(H2,21,22,24). The molecule has 0 aliphatic rings. The highest BCUT2D eigenvalue weighted by molar-refractivity contribution is 6.31. The molecule has 0 unspecified atom stereocenters. The SMILES string of the molecule is COc1cc(Cl)c(C)cc1NC(=O)Nc1cccnc1-n1cccn1. The molecule has 8 heteroatoms. The smallest absolute Gasteiger partial charge is 0.323 e. The fourth-order valence-electron chi connectivity index (χ4n) is 2.28. The molecular formula is C17H16ClN5O2. The van der Waals surface area contributed by atoms with E-state index in [0.717, 1.165) is 5.56 Å². The summed E-state index contributed by atoms with van der Waals surface area (Å²) < 4.78 is 6.83. The molecular weight excluding hydrogens is 342 g/mol. The summed E-state index contributed by atoms with van der Waals surface area (Å²) in [6, 6.07) is 8.23. The van der Waals surface area contributed by atoms with Crippen molar-refractivity contribution >= 4 is 29.0 Å². The van der Waals surface area contributed by atoms with E-state index >= 15 is 0 Å². The summed E-state index contributed by atoms with van der Waals surface area (Å²) in [5.74, 6) is 0.992.